The maximum atomic E-state index is 10.0. The molecule has 0 saturated carbocycles. The number of nitrogens with zero attached hydrogens (tertiary/aromatic N) is 1. The van der Waals surface area contributed by atoms with Gasteiger partial charge in [-0.3, -0.25) is 5.10 Å². The number of hydrogen-bond acceptors (Lipinski definition) is 4. The maximum Gasteiger partial charge on any atom is 0.145 e. The van der Waals surface area contributed by atoms with Gasteiger partial charge in [0, 0.05) is 24.3 Å². The average Bonchev–Trinajstić information content (AvgIpc) is 2.68. The van der Waals surface area contributed by atoms with Crippen molar-refractivity contribution in [1.29, 1.82) is 0 Å². The molecule has 0 bridgehead atoms. The zero-order valence-electron chi connectivity index (χ0n) is 8.90. The molecule has 0 aliphatic rings. The summed E-state index contributed by atoms with van der Waals surface area (Å²) in [6.07, 6.45) is 0. The van der Waals surface area contributed by atoms with Crippen molar-refractivity contribution < 1.29 is 9.84 Å². The van der Waals surface area contributed by atoms with E-state index < -0.39 is 0 Å². The van der Waals surface area contributed by atoms with Gasteiger partial charge in [-0.15, -0.1) is 0 Å². The summed E-state index contributed by atoms with van der Waals surface area (Å²) in [5.41, 5.74) is 7.60. The van der Waals surface area contributed by atoms with E-state index in [1.807, 2.05) is 12.1 Å². The molecule has 4 N–H and O–H groups in total. The predicted octanol–water partition coefficient (Wildman–Crippen LogP) is 1.51. The number of aromatic nitrogens is 2. The Kier molecular flexibility index (Phi) is 2.78. The number of benzene rings is 1. The van der Waals surface area contributed by atoms with Gasteiger partial charge in [-0.25, -0.2) is 0 Å². The summed E-state index contributed by atoms with van der Waals surface area (Å²) < 4.78 is 4.99. The first-order valence-electron chi connectivity index (χ1n) is 4.83. The third-order valence-corrected chi connectivity index (χ3v) is 2.31. The van der Waals surface area contributed by atoms with Crippen molar-refractivity contribution in [3.05, 3.63) is 29.8 Å². The molecule has 0 amide bonds. The normalized spacial score (nSPS) is 10.6. The second-order valence-electron chi connectivity index (χ2n) is 3.45. The van der Waals surface area contributed by atoms with E-state index in [9.17, 15) is 5.11 Å². The Morgan fingerprint density at radius 1 is 1.50 bits per heavy atom. The minimum absolute atomic E-state index is 0.188. The largest absolute Gasteiger partial charge is 0.507 e. The second kappa shape index (κ2) is 4.24. The first-order valence-corrected chi connectivity index (χ1v) is 4.83. The van der Waals surface area contributed by atoms with Crippen LogP contribution in [-0.4, -0.2) is 22.4 Å². The molecule has 0 aliphatic heterocycles. The monoisotopic (exact) mass is 219 g/mol. The highest BCUT2D eigenvalue weighted by molar-refractivity contribution is 5.70. The molecule has 16 heavy (non-hydrogen) atoms. The lowest BCUT2D eigenvalue weighted by atomic mass is 10.1. The number of para-hydroxylation sites is 1. The molecule has 5 heteroatoms. The molecular formula is C11H13N3O2. The second-order valence-corrected chi connectivity index (χ2v) is 3.45. The Labute approximate surface area is 92.9 Å². The van der Waals surface area contributed by atoms with Gasteiger partial charge < -0.3 is 15.6 Å². The van der Waals surface area contributed by atoms with Crippen LogP contribution < -0.4 is 5.73 Å². The molecule has 0 aliphatic carbocycles. The van der Waals surface area contributed by atoms with Crippen LogP contribution in [0.1, 0.15) is 5.56 Å². The Morgan fingerprint density at radius 3 is 2.94 bits per heavy atom. The van der Waals surface area contributed by atoms with E-state index in [0.717, 1.165) is 5.56 Å². The molecule has 1 heterocycles. The van der Waals surface area contributed by atoms with Crippen molar-refractivity contribution in [1.82, 2.24) is 10.2 Å². The number of methoxy groups -OCH3 is 1. The minimum Gasteiger partial charge on any atom is -0.507 e. The Balaban J connectivity index is 2.45. The van der Waals surface area contributed by atoms with E-state index in [1.54, 1.807) is 19.2 Å². The fraction of sp³-hybridized carbons (Fsp3) is 0.182. The standard InChI is InChI=1S/C11H13N3O2/c1-16-6-7-3-2-4-8(11(7)15)9-5-10(12)14-13-9/h2-5,15H,6H2,1H3,(H3,12,13,14). The molecular weight excluding hydrogens is 206 g/mol. The Morgan fingerprint density at radius 2 is 2.31 bits per heavy atom. The van der Waals surface area contributed by atoms with Gasteiger partial charge in [-0.2, -0.15) is 5.10 Å². The highest BCUT2D eigenvalue weighted by atomic mass is 16.5. The van der Waals surface area contributed by atoms with E-state index in [2.05, 4.69) is 10.2 Å². The number of aromatic amines is 1. The summed E-state index contributed by atoms with van der Waals surface area (Å²) >= 11 is 0. The molecule has 2 aromatic rings. The Hall–Kier alpha value is -2.01. The summed E-state index contributed by atoms with van der Waals surface area (Å²) in [5, 5.41) is 16.6. The van der Waals surface area contributed by atoms with E-state index in [0.29, 0.717) is 23.7 Å². The van der Waals surface area contributed by atoms with Crippen LogP contribution >= 0.6 is 0 Å². The molecule has 84 valence electrons. The topological polar surface area (TPSA) is 84.2 Å². The fourth-order valence-electron chi connectivity index (χ4n) is 1.56. The van der Waals surface area contributed by atoms with Gasteiger partial charge in [0.2, 0.25) is 0 Å². The van der Waals surface area contributed by atoms with Crippen LogP contribution in [0, 0.1) is 0 Å². The van der Waals surface area contributed by atoms with Crippen LogP contribution in [0.5, 0.6) is 5.75 Å². The van der Waals surface area contributed by atoms with Crippen LogP contribution in [0.4, 0.5) is 5.82 Å². The smallest absolute Gasteiger partial charge is 0.145 e. The SMILES string of the molecule is COCc1cccc(-c2cc(N)n[nH]2)c1O. The van der Waals surface area contributed by atoms with Gasteiger partial charge in [0.05, 0.1) is 12.3 Å². The molecule has 0 spiro atoms. The number of nitrogens with two attached hydrogens (primary N) is 1. The van der Waals surface area contributed by atoms with Gasteiger partial charge in [-0.1, -0.05) is 12.1 Å². The molecule has 0 atom stereocenters. The zero-order valence-corrected chi connectivity index (χ0v) is 8.90. The summed E-state index contributed by atoms with van der Waals surface area (Å²) in [4.78, 5) is 0. The van der Waals surface area contributed by atoms with E-state index in [1.165, 1.54) is 0 Å². The summed E-state index contributed by atoms with van der Waals surface area (Å²) in [6, 6.07) is 7.12. The zero-order chi connectivity index (χ0) is 11.5. The summed E-state index contributed by atoms with van der Waals surface area (Å²) in [6.45, 7) is 0.364. The number of aromatic hydroxyl groups is 1. The van der Waals surface area contributed by atoms with Crippen LogP contribution in [0.3, 0.4) is 0 Å². The van der Waals surface area contributed by atoms with Crippen LogP contribution in [0.15, 0.2) is 24.3 Å². The quantitative estimate of drug-likeness (QED) is 0.730. The number of phenols is 1. The van der Waals surface area contributed by atoms with Gasteiger partial charge in [0.15, 0.2) is 0 Å². The molecule has 1 aromatic heterocycles. The molecule has 1 aromatic carbocycles. The lowest BCUT2D eigenvalue weighted by Crippen LogP contribution is -1.90. The van der Waals surface area contributed by atoms with Crippen molar-refractivity contribution in [2.75, 3.05) is 12.8 Å². The van der Waals surface area contributed by atoms with Gasteiger partial charge in [0.25, 0.3) is 0 Å². The lowest BCUT2D eigenvalue weighted by Gasteiger charge is -2.07. The number of anilines is 1. The van der Waals surface area contributed by atoms with Crippen LogP contribution in [0.2, 0.25) is 0 Å². The number of hydrogen-bond donors (Lipinski definition) is 3. The van der Waals surface area contributed by atoms with Crippen LogP contribution in [0.25, 0.3) is 11.3 Å². The van der Waals surface area contributed by atoms with Crippen molar-refractivity contribution in [2.45, 2.75) is 6.61 Å². The van der Waals surface area contributed by atoms with E-state index in [-0.39, 0.29) is 5.75 Å². The highest BCUT2D eigenvalue weighted by Gasteiger charge is 2.10. The van der Waals surface area contributed by atoms with Crippen molar-refractivity contribution in [3.63, 3.8) is 0 Å². The maximum absolute atomic E-state index is 10.0. The molecule has 5 nitrogen and oxygen atoms in total. The minimum atomic E-state index is 0.188. The van der Waals surface area contributed by atoms with Gasteiger partial charge in [-0.05, 0) is 6.07 Å². The van der Waals surface area contributed by atoms with Crippen molar-refractivity contribution in [2.24, 2.45) is 0 Å². The molecule has 0 fully saturated rings. The molecule has 0 saturated heterocycles. The lowest BCUT2D eigenvalue weighted by molar-refractivity contribution is 0.182. The molecule has 0 radical (unpaired) electrons. The summed E-state index contributed by atoms with van der Waals surface area (Å²) in [5.74, 6) is 0.583. The number of phenolic OH excluding ortho intramolecular Hbond substituents is 1. The van der Waals surface area contributed by atoms with Crippen molar-refractivity contribution in [3.8, 4) is 17.0 Å². The highest BCUT2D eigenvalue weighted by Crippen LogP contribution is 2.31. The van der Waals surface area contributed by atoms with Crippen molar-refractivity contribution >= 4 is 5.82 Å². The third kappa shape index (κ3) is 1.85. The number of rotatable bonds is 3. The first-order chi connectivity index (χ1) is 7.72. The molecule has 2 rings (SSSR count). The third-order valence-electron chi connectivity index (χ3n) is 2.31. The molecule has 0 unspecified atom stereocenters. The number of H-pyrrole nitrogens is 1. The Bertz CT molecular complexity index is 494. The number of nitrogens with one attached hydrogen (secondary N) is 1. The van der Waals surface area contributed by atoms with E-state index >= 15 is 0 Å². The van der Waals surface area contributed by atoms with E-state index in [4.69, 9.17) is 10.5 Å². The number of nitrogen functional groups attached to an aromatic ring is 1. The average molecular weight is 219 g/mol. The predicted molar refractivity (Wildman–Crippen MR) is 60.8 cm³/mol. The first kappa shape index (κ1) is 10.5. The van der Waals surface area contributed by atoms with Gasteiger partial charge in [0.1, 0.15) is 11.6 Å². The number of ether oxygens (including phenoxy) is 1. The van der Waals surface area contributed by atoms with Gasteiger partial charge >= 0.3 is 0 Å². The fourth-order valence-corrected chi connectivity index (χ4v) is 1.56. The summed E-state index contributed by atoms with van der Waals surface area (Å²) in [7, 11) is 1.58. The van der Waals surface area contributed by atoms with Crippen LogP contribution in [-0.2, 0) is 11.3 Å².